The molecule has 0 radical (unpaired) electrons. The van der Waals surface area contributed by atoms with Crippen LogP contribution in [0.4, 0.5) is 0 Å². The standard InChI is InChI=1S/C19H17OP.2CH4/c1-16-10-8-9-15-19(16)21(20,17-11-4-2-5-12-17)18-13-6-3-7-14-18;;/h2-15H,1H3;2*1H4. The lowest BCUT2D eigenvalue weighted by Gasteiger charge is -2.21. The molecule has 0 aliphatic heterocycles. The van der Waals surface area contributed by atoms with E-state index in [1.54, 1.807) is 0 Å². The molecule has 0 spiro atoms. The summed E-state index contributed by atoms with van der Waals surface area (Å²) in [7, 11) is -2.81. The molecular weight excluding hydrogens is 299 g/mol. The normalized spacial score (nSPS) is 10.3. The maximum Gasteiger partial charge on any atom is 0.171 e. The molecule has 3 aromatic rings. The van der Waals surface area contributed by atoms with Crippen molar-refractivity contribution in [2.24, 2.45) is 0 Å². The lowest BCUT2D eigenvalue weighted by Crippen LogP contribution is -2.26. The molecule has 0 aliphatic rings. The summed E-state index contributed by atoms with van der Waals surface area (Å²) in [5, 5.41) is 2.68. The third kappa shape index (κ3) is 3.46. The van der Waals surface area contributed by atoms with Gasteiger partial charge in [0.15, 0.2) is 7.14 Å². The van der Waals surface area contributed by atoms with Crippen molar-refractivity contribution in [3.63, 3.8) is 0 Å². The highest BCUT2D eigenvalue weighted by Crippen LogP contribution is 2.42. The van der Waals surface area contributed by atoms with Gasteiger partial charge in [0, 0.05) is 15.9 Å². The molecule has 2 heteroatoms. The topological polar surface area (TPSA) is 17.1 Å². The molecule has 0 amide bonds. The summed E-state index contributed by atoms with van der Waals surface area (Å²) in [5.41, 5.74) is 1.06. The smallest absolute Gasteiger partial charge is 0.171 e. The van der Waals surface area contributed by atoms with Crippen LogP contribution < -0.4 is 15.9 Å². The zero-order valence-electron chi connectivity index (χ0n) is 11.9. The van der Waals surface area contributed by atoms with Gasteiger partial charge in [-0.05, 0) is 12.5 Å². The molecule has 0 bridgehead atoms. The average molecular weight is 324 g/mol. The molecule has 1 nitrogen and oxygen atoms in total. The van der Waals surface area contributed by atoms with E-state index in [9.17, 15) is 4.57 Å². The summed E-state index contributed by atoms with van der Waals surface area (Å²) < 4.78 is 14.0. The minimum atomic E-state index is -2.81. The maximum atomic E-state index is 14.0. The van der Waals surface area contributed by atoms with Gasteiger partial charge in [-0.3, -0.25) is 0 Å². The summed E-state index contributed by atoms with van der Waals surface area (Å²) in [5.74, 6) is 0. The Morgan fingerprint density at radius 1 is 0.609 bits per heavy atom. The van der Waals surface area contributed by atoms with Gasteiger partial charge in [0.05, 0.1) is 0 Å². The predicted octanol–water partition coefficient (Wildman–Crippen LogP) is 4.91. The van der Waals surface area contributed by atoms with Crippen LogP contribution in [-0.4, -0.2) is 0 Å². The van der Waals surface area contributed by atoms with Gasteiger partial charge in [0.25, 0.3) is 0 Å². The van der Waals surface area contributed by atoms with Crippen LogP contribution in [0.3, 0.4) is 0 Å². The van der Waals surface area contributed by atoms with Gasteiger partial charge in [0.2, 0.25) is 0 Å². The quantitative estimate of drug-likeness (QED) is 0.626. The summed E-state index contributed by atoms with van der Waals surface area (Å²) in [4.78, 5) is 0. The Bertz CT molecular complexity index is 736. The second-order valence-corrected chi connectivity index (χ2v) is 7.80. The van der Waals surface area contributed by atoms with Crippen molar-refractivity contribution in [2.75, 3.05) is 0 Å². The van der Waals surface area contributed by atoms with E-state index in [2.05, 4.69) is 0 Å². The van der Waals surface area contributed by atoms with Crippen molar-refractivity contribution < 1.29 is 4.57 Å². The molecule has 0 aromatic heterocycles. The van der Waals surface area contributed by atoms with Crippen molar-refractivity contribution >= 4 is 23.1 Å². The Hall–Kier alpha value is -2.11. The third-order valence-electron chi connectivity index (χ3n) is 3.69. The molecule has 0 unspecified atom stereocenters. The summed E-state index contributed by atoms with van der Waals surface area (Å²) in [6.45, 7) is 2.02. The Balaban J connectivity index is 0.00000132. The van der Waals surface area contributed by atoms with Crippen molar-refractivity contribution in [1.29, 1.82) is 0 Å². The summed E-state index contributed by atoms with van der Waals surface area (Å²) >= 11 is 0. The third-order valence-corrected chi connectivity index (χ3v) is 6.93. The predicted molar refractivity (Wildman–Crippen MR) is 104 cm³/mol. The molecule has 0 atom stereocenters. The van der Waals surface area contributed by atoms with Crippen LogP contribution in [0.5, 0.6) is 0 Å². The van der Waals surface area contributed by atoms with Crippen molar-refractivity contribution in [3.05, 3.63) is 90.5 Å². The fourth-order valence-electron chi connectivity index (χ4n) is 2.62. The van der Waals surface area contributed by atoms with Crippen LogP contribution in [0.15, 0.2) is 84.9 Å². The van der Waals surface area contributed by atoms with E-state index >= 15 is 0 Å². The van der Waals surface area contributed by atoms with E-state index in [0.717, 1.165) is 21.5 Å². The van der Waals surface area contributed by atoms with Crippen LogP contribution in [0.25, 0.3) is 0 Å². The molecule has 3 aromatic carbocycles. The van der Waals surface area contributed by atoms with E-state index in [4.69, 9.17) is 0 Å². The van der Waals surface area contributed by atoms with Crippen LogP contribution >= 0.6 is 7.14 Å². The number of hydrogen-bond donors (Lipinski definition) is 0. The maximum absolute atomic E-state index is 14.0. The Morgan fingerprint density at radius 2 is 1.00 bits per heavy atom. The van der Waals surface area contributed by atoms with Crippen molar-refractivity contribution in [3.8, 4) is 0 Å². The fraction of sp³-hybridized carbons (Fsp3) is 0.143. The summed E-state index contributed by atoms with van der Waals surface area (Å²) in [6.07, 6.45) is 0. The highest BCUT2D eigenvalue weighted by molar-refractivity contribution is 7.85. The van der Waals surface area contributed by atoms with E-state index in [-0.39, 0.29) is 14.9 Å². The number of rotatable bonds is 3. The zero-order chi connectivity index (χ0) is 14.7. The number of aryl methyl sites for hydroxylation is 1. The second-order valence-electron chi connectivity index (χ2n) is 5.07. The van der Waals surface area contributed by atoms with E-state index < -0.39 is 7.14 Å². The first-order chi connectivity index (χ1) is 10.2. The van der Waals surface area contributed by atoms with Gasteiger partial charge < -0.3 is 4.57 Å². The molecule has 0 fully saturated rings. The van der Waals surface area contributed by atoms with Crippen LogP contribution in [-0.2, 0) is 4.57 Å². The molecular formula is C21H25OP. The zero-order valence-corrected chi connectivity index (χ0v) is 12.8. The molecule has 0 N–H and O–H groups in total. The molecule has 0 heterocycles. The lowest BCUT2D eigenvalue weighted by molar-refractivity contribution is 0.592. The summed E-state index contributed by atoms with van der Waals surface area (Å²) in [6, 6.07) is 27.5. The van der Waals surface area contributed by atoms with Gasteiger partial charge in [-0.2, -0.15) is 0 Å². The molecule has 23 heavy (non-hydrogen) atoms. The fourth-order valence-corrected chi connectivity index (χ4v) is 5.53. The minimum Gasteiger partial charge on any atom is -0.309 e. The Kier molecular flexibility index (Phi) is 6.54. The Labute approximate surface area is 140 Å². The second kappa shape index (κ2) is 7.94. The van der Waals surface area contributed by atoms with E-state index in [1.165, 1.54) is 0 Å². The highest BCUT2D eigenvalue weighted by Gasteiger charge is 2.30. The van der Waals surface area contributed by atoms with E-state index in [0.29, 0.717) is 0 Å². The first kappa shape index (κ1) is 18.9. The molecule has 3 rings (SSSR count). The van der Waals surface area contributed by atoms with Crippen molar-refractivity contribution in [2.45, 2.75) is 21.8 Å². The van der Waals surface area contributed by atoms with Crippen LogP contribution in [0.1, 0.15) is 20.4 Å². The van der Waals surface area contributed by atoms with Crippen molar-refractivity contribution in [1.82, 2.24) is 0 Å². The van der Waals surface area contributed by atoms with E-state index in [1.807, 2.05) is 91.9 Å². The number of hydrogen-bond acceptors (Lipinski definition) is 1. The minimum absolute atomic E-state index is 0. The van der Waals surface area contributed by atoms with Gasteiger partial charge in [-0.1, -0.05) is 99.8 Å². The first-order valence-corrected chi connectivity index (χ1v) is 8.71. The largest absolute Gasteiger partial charge is 0.309 e. The monoisotopic (exact) mass is 324 g/mol. The Morgan fingerprint density at radius 3 is 1.43 bits per heavy atom. The first-order valence-electron chi connectivity index (χ1n) is 7.00. The van der Waals surface area contributed by atoms with Crippen LogP contribution in [0, 0.1) is 6.92 Å². The molecule has 120 valence electrons. The molecule has 0 saturated carbocycles. The SMILES string of the molecule is C.C.Cc1ccccc1P(=O)(c1ccccc1)c1ccccc1. The van der Waals surface area contributed by atoms with Gasteiger partial charge in [0.1, 0.15) is 0 Å². The van der Waals surface area contributed by atoms with Crippen LogP contribution in [0.2, 0.25) is 0 Å². The van der Waals surface area contributed by atoms with Gasteiger partial charge >= 0.3 is 0 Å². The lowest BCUT2D eigenvalue weighted by atomic mass is 10.2. The number of benzene rings is 3. The molecule has 0 aliphatic carbocycles. The van der Waals surface area contributed by atoms with Gasteiger partial charge in [-0.25, -0.2) is 0 Å². The van der Waals surface area contributed by atoms with Gasteiger partial charge in [-0.15, -0.1) is 0 Å². The highest BCUT2D eigenvalue weighted by atomic mass is 31.2. The molecule has 0 saturated heterocycles. The average Bonchev–Trinajstić information content (AvgIpc) is 2.56.